The Balaban J connectivity index is 1.08. The van der Waals surface area contributed by atoms with E-state index in [2.05, 4.69) is 39.1 Å². The van der Waals surface area contributed by atoms with E-state index in [1.807, 2.05) is 67.8 Å². The molecule has 2 atom stereocenters. The number of nitrogens with one attached hydrogen (secondary N) is 1. The van der Waals surface area contributed by atoms with Crippen molar-refractivity contribution >= 4 is 34.7 Å². The Morgan fingerprint density at radius 1 is 0.944 bits per heavy atom. The molecule has 3 heterocycles. The van der Waals surface area contributed by atoms with Gasteiger partial charge in [0.05, 0.1) is 10.8 Å². The molecule has 0 bridgehead atoms. The largest absolute Gasteiger partial charge is 0.464 e. The van der Waals surface area contributed by atoms with Gasteiger partial charge in [-0.05, 0) is 92.6 Å². The van der Waals surface area contributed by atoms with Gasteiger partial charge in [-0.1, -0.05) is 77.3 Å². The molecule has 1 unspecified atom stereocenters. The zero-order valence-corrected chi connectivity index (χ0v) is 33.9. The van der Waals surface area contributed by atoms with Gasteiger partial charge in [-0.15, -0.1) is 11.3 Å². The first-order valence-electron chi connectivity index (χ1n) is 20.0. The number of likely N-dealkylation sites (tertiary alicyclic amines) is 1. The van der Waals surface area contributed by atoms with E-state index in [9.17, 15) is 14.4 Å². The number of benzene rings is 1. The molecule has 6 rings (SSSR count). The molecule has 54 heavy (non-hydrogen) atoms. The number of hydrogen-bond acceptors (Lipinski definition) is 8. The van der Waals surface area contributed by atoms with Crippen molar-refractivity contribution in [1.29, 1.82) is 0 Å². The average Bonchev–Trinajstić information content (AvgIpc) is 3.66. The van der Waals surface area contributed by atoms with Crippen LogP contribution in [-0.2, 0) is 26.2 Å². The van der Waals surface area contributed by atoms with Crippen LogP contribution in [0.4, 0.5) is 0 Å². The molecule has 10 heteroatoms. The third-order valence-electron chi connectivity index (χ3n) is 11.7. The second-order valence-corrected chi connectivity index (χ2v) is 18.1. The van der Waals surface area contributed by atoms with Crippen molar-refractivity contribution in [3.05, 3.63) is 75.7 Å². The van der Waals surface area contributed by atoms with Crippen molar-refractivity contribution < 1.29 is 19.1 Å². The first kappa shape index (κ1) is 39.8. The van der Waals surface area contributed by atoms with Crippen LogP contribution in [0.3, 0.4) is 0 Å². The van der Waals surface area contributed by atoms with E-state index < -0.39 is 6.04 Å². The lowest BCUT2D eigenvalue weighted by atomic mass is 9.71. The first-order valence-corrected chi connectivity index (χ1v) is 20.8. The van der Waals surface area contributed by atoms with E-state index in [-0.39, 0.29) is 42.2 Å². The highest BCUT2D eigenvalue weighted by Crippen LogP contribution is 2.41. The number of aromatic nitrogens is 2. The highest BCUT2D eigenvalue weighted by molar-refractivity contribution is 7.14. The van der Waals surface area contributed by atoms with Crippen LogP contribution in [0, 0.1) is 23.7 Å². The molecule has 3 aromatic rings. The number of likely N-dealkylation sites (N-methyl/N-ethyl adjacent to an activating group) is 1. The molecule has 2 amide bonds. The maximum Gasteiger partial charge on any atom is 0.312 e. The lowest BCUT2D eigenvalue weighted by Crippen LogP contribution is -2.59. The van der Waals surface area contributed by atoms with Crippen molar-refractivity contribution in [2.75, 3.05) is 40.3 Å². The van der Waals surface area contributed by atoms with Crippen molar-refractivity contribution in [1.82, 2.24) is 25.1 Å². The fourth-order valence-electron chi connectivity index (χ4n) is 8.05. The van der Waals surface area contributed by atoms with Crippen LogP contribution in [0.2, 0.25) is 0 Å². The molecule has 2 aromatic heterocycles. The predicted octanol–water partition coefficient (Wildman–Crippen LogP) is 7.81. The molecule has 2 aliphatic carbocycles. The van der Waals surface area contributed by atoms with Crippen molar-refractivity contribution in [3.8, 4) is 11.4 Å². The number of ether oxygens (including phenoxy) is 1. The highest BCUT2D eigenvalue weighted by Gasteiger charge is 2.40. The lowest BCUT2D eigenvalue weighted by Gasteiger charge is -2.39. The zero-order chi connectivity index (χ0) is 38.4. The Hall–Kier alpha value is -3.89. The van der Waals surface area contributed by atoms with Crippen LogP contribution in [0.25, 0.3) is 17.0 Å². The fraction of sp³-hybridized carbons (Fsp3) is 0.568. The van der Waals surface area contributed by atoms with Crippen LogP contribution >= 0.6 is 11.3 Å². The number of carbonyl (C=O) groups excluding carboxylic acids is 3. The quantitative estimate of drug-likeness (QED) is 0.178. The van der Waals surface area contributed by atoms with Crippen LogP contribution < -0.4 is 5.32 Å². The number of carbonyl (C=O) groups is 3. The number of amides is 2. The number of thiophene rings is 1. The Labute approximate surface area is 326 Å². The van der Waals surface area contributed by atoms with Crippen LogP contribution in [0.15, 0.2) is 54.9 Å². The van der Waals surface area contributed by atoms with Gasteiger partial charge < -0.3 is 19.9 Å². The van der Waals surface area contributed by atoms with Crippen LogP contribution in [-0.4, -0.2) is 83.9 Å². The average molecular weight is 754 g/mol. The molecule has 1 aromatic carbocycles. The van der Waals surface area contributed by atoms with Gasteiger partial charge in [-0.2, -0.15) is 0 Å². The number of rotatable bonds is 13. The molecule has 2 fully saturated rings. The fourth-order valence-corrected chi connectivity index (χ4v) is 9.02. The number of hydrogen-bond donors (Lipinski definition) is 1. The van der Waals surface area contributed by atoms with Crippen molar-refractivity contribution in [3.63, 3.8) is 0 Å². The van der Waals surface area contributed by atoms with Gasteiger partial charge in [0.2, 0.25) is 5.91 Å². The van der Waals surface area contributed by atoms with Gasteiger partial charge in [0.25, 0.3) is 5.91 Å². The maximum atomic E-state index is 13.8. The van der Waals surface area contributed by atoms with E-state index in [1.165, 1.54) is 55.4 Å². The zero-order valence-electron chi connectivity index (χ0n) is 33.1. The smallest absolute Gasteiger partial charge is 0.312 e. The number of esters is 1. The number of allylic oxidation sites excluding steroid dienone is 2. The third kappa shape index (κ3) is 10.0. The Morgan fingerprint density at radius 2 is 1.65 bits per heavy atom. The summed E-state index contributed by atoms with van der Waals surface area (Å²) >= 11 is 1.45. The minimum Gasteiger partial charge on any atom is -0.464 e. The summed E-state index contributed by atoms with van der Waals surface area (Å²) in [6.45, 7) is 10.2. The van der Waals surface area contributed by atoms with Crippen molar-refractivity contribution in [2.45, 2.75) is 96.9 Å². The first-order chi connectivity index (χ1) is 25.9. The minimum absolute atomic E-state index is 0.0816. The molecule has 9 nitrogen and oxygen atoms in total. The molecule has 1 saturated carbocycles. The van der Waals surface area contributed by atoms with Gasteiger partial charge >= 0.3 is 5.97 Å². The second kappa shape index (κ2) is 17.7. The lowest BCUT2D eigenvalue weighted by molar-refractivity contribution is -0.159. The maximum absolute atomic E-state index is 13.8. The Bertz CT molecular complexity index is 1760. The highest BCUT2D eigenvalue weighted by atomic mass is 32.1. The van der Waals surface area contributed by atoms with Gasteiger partial charge in [0, 0.05) is 54.5 Å². The predicted molar refractivity (Wildman–Crippen MR) is 216 cm³/mol. The van der Waals surface area contributed by atoms with Crippen LogP contribution in [0.5, 0.6) is 0 Å². The van der Waals surface area contributed by atoms with Gasteiger partial charge in [0.1, 0.15) is 12.6 Å². The van der Waals surface area contributed by atoms with E-state index in [0.29, 0.717) is 30.3 Å². The normalized spacial score (nSPS) is 21.3. The molecule has 3 aliphatic rings. The number of nitrogens with zero attached hydrogens (tertiary/aromatic N) is 4. The summed E-state index contributed by atoms with van der Waals surface area (Å²) in [5.74, 6) is 2.18. The molecule has 1 saturated heterocycles. The molecule has 1 aliphatic heterocycles. The summed E-state index contributed by atoms with van der Waals surface area (Å²) in [6.07, 6.45) is 17.1. The third-order valence-corrected chi connectivity index (χ3v) is 13.3. The minimum atomic E-state index is -0.792. The topological polar surface area (TPSA) is 105 Å². The van der Waals surface area contributed by atoms with E-state index in [1.54, 1.807) is 4.90 Å². The van der Waals surface area contributed by atoms with Gasteiger partial charge in [-0.3, -0.25) is 14.4 Å². The van der Waals surface area contributed by atoms with Gasteiger partial charge in [-0.25, -0.2) is 9.97 Å². The standard InChI is InChI=1S/C44H59N5O4S/c1-7-29-8-12-31(13-9-29)32-16-18-33(19-17-32)35-25-45-40(46-26-35)34-14-10-30(11-15-34)24-37(47-41(50)38-20-21-39(54-38)44(2,3)4)42(51)49-27-36(28-49)43(52)53-23-22-48(5)6/h10-11,14-15,18,20-21,25-26,29,31-32,36-37H,7-9,12-13,16-17,19,22-24,27-28H2,1-6H3,(H,47,50)/t29?,31?,32?,37-/m0/s1. The van der Waals surface area contributed by atoms with E-state index in [4.69, 9.17) is 14.7 Å². The summed E-state index contributed by atoms with van der Waals surface area (Å²) < 4.78 is 5.41. The van der Waals surface area contributed by atoms with E-state index in [0.717, 1.165) is 52.2 Å². The SMILES string of the molecule is CCC1CCC(C2CC=C(c3cnc(-c4ccc(C[C@H](NC(=O)c5ccc(C(C)(C)C)s5)C(=O)N5CC(C(=O)OCCN(C)C)C5)cc4)nc3)CC2)CC1. The van der Waals surface area contributed by atoms with Gasteiger partial charge in [0.15, 0.2) is 5.82 Å². The summed E-state index contributed by atoms with van der Waals surface area (Å²) in [6, 6.07) is 10.9. The molecule has 0 spiro atoms. The second-order valence-electron chi connectivity index (χ2n) is 17.0. The Kier molecular flexibility index (Phi) is 13.1. The summed E-state index contributed by atoms with van der Waals surface area (Å²) in [5, 5.41) is 3.02. The summed E-state index contributed by atoms with van der Waals surface area (Å²) in [7, 11) is 3.85. The van der Waals surface area contributed by atoms with E-state index >= 15 is 0 Å². The Morgan fingerprint density at radius 3 is 2.24 bits per heavy atom. The van der Waals surface area contributed by atoms with Crippen molar-refractivity contribution in [2.24, 2.45) is 23.7 Å². The molecular weight excluding hydrogens is 695 g/mol. The monoisotopic (exact) mass is 753 g/mol. The summed E-state index contributed by atoms with van der Waals surface area (Å²) in [4.78, 5) is 54.6. The molecular formula is C44H59N5O4S. The molecule has 290 valence electrons. The molecule has 1 N–H and O–H groups in total. The summed E-state index contributed by atoms with van der Waals surface area (Å²) in [5.41, 5.74) is 4.18. The molecule has 0 radical (unpaired) electrons. The van der Waals surface area contributed by atoms with Crippen LogP contribution in [0.1, 0.15) is 105 Å².